The van der Waals surface area contributed by atoms with Crippen LogP contribution in [0.25, 0.3) is 0 Å². The van der Waals surface area contributed by atoms with Gasteiger partial charge < -0.3 is 21.2 Å². The quantitative estimate of drug-likeness (QED) is 0.281. The van der Waals surface area contributed by atoms with E-state index in [1.807, 2.05) is 0 Å². The molecule has 7 nitrogen and oxygen atoms in total. The molecule has 0 aromatic heterocycles. The molecule has 7 heteroatoms. The van der Waals surface area contributed by atoms with Crippen LogP contribution in [0, 0.1) is 5.41 Å². The number of amidine groups is 1. The zero-order chi connectivity index (χ0) is 14.0. The average Bonchev–Trinajstić information content (AvgIpc) is 2.74. The van der Waals surface area contributed by atoms with E-state index in [0.29, 0.717) is 25.9 Å². The van der Waals surface area contributed by atoms with Crippen LogP contribution in [0.2, 0.25) is 0 Å². The van der Waals surface area contributed by atoms with Gasteiger partial charge in [-0.15, -0.1) is 0 Å². The molecule has 1 saturated carbocycles. The summed E-state index contributed by atoms with van der Waals surface area (Å²) in [6.45, 7) is 2.57. The monoisotopic (exact) mass is 268 g/mol. The lowest BCUT2D eigenvalue weighted by atomic mass is 9.67. The lowest BCUT2D eigenvalue weighted by Gasteiger charge is -2.41. The summed E-state index contributed by atoms with van der Waals surface area (Å²) in [6, 6.07) is 0.00543. The fraction of sp³-hybridized carbons (Fsp3) is 0.750. The van der Waals surface area contributed by atoms with Gasteiger partial charge in [0.25, 0.3) is 0 Å². The van der Waals surface area contributed by atoms with Crippen molar-refractivity contribution in [2.75, 3.05) is 13.1 Å². The largest absolute Gasteiger partial charge is 0.409 e. The van der Waals surface area contributed by atoms with Crippen LogP contribution >= 0.6 is 0 Å². The molecule has 2 amide bonds. The molecule has 1 aliphatic heterocycles. The van der Waals surface area contributed by atoms with E-state index in [9.17, 15) is 9.59 Å². The van der Waals surface area contributed by atoms with Crippen molar-refractivity contribution >= 4 is 17.6 Å². The molecule has 1 heterocycles. The predicted molar refractivity (Wildman–Crippen MR) is 68.5 cm³/mol. The summed E-state index contributed by atoms with van der Waals surface area (Å²) >= 11 is 0. The molecule has 106 valence electrons. The van der Waals surface area contributed by atoms with Crippen LogP contribution in [0.15, 0.2) is 5.16 Å². The van der Waals surface area contributed by atoms with Crippen molar-refractivity contribution < 1.29 is 14.8 Å². The Balaban J connectivity index is 2.03. The van der Waals surface area contributed by atoms with Crippen molar-refractivity contribution in [1.29, 1.82) is 0 Å². The number of carbonyl (C=O) groups excluding carboxylic acids is 2. The van der Waals surface area contributed by atoms with Crippen molar-refractivity contribution in [3.8, 4) is 0 Å². The zero-order valence-corrected chi connectivity index (χ0v) is 11.1. The van der Waals surface area contributed by atoms with Gasteiger partial charge in [-0.25, -0.2) is 0 Å². The first-order valence-electron chi connectivity index (χ1n) is 6.54. The fourth-order valence-corrected chi connectivity index (χ4v) is 2.86. The molecule has 0 aromatic rings. The topological polar surface area (TPSA) is 108 Å². The molecule has 0 spiro atoms. The second-order valence-corrected chi connectivity index (χ2v) is 5.36. The van der Waals surface area contributed by atoms with E-state index < -0.39 is 5.41 Å². The van der Waals surface area contributed by atoms with Gasteiger partial charge in [0.2, 0.25) is 11.8 Å². The molecule has 1 atom stereocenters. The molecule has 0 radical (unpaired) electrons. The number of hydrogen-bond acceptors (Lipinski definition) is 4. The Labute approximate surface area is 111 Å². The van der Waals surface area contributed by atoms with Crippen LogP contribution in [0.4, 0.5) is 0 Å². The maximum Gasteiger partial charge on any atom is 0.236 e. The first kappa shape index (κ1) is 13.6. The SMILES string of the molecule is CC(=O)NC1CCN(C(=O)C2(C(N)=NO)CCC2)C1. The average molecular weight is 268 g/mol. The molecule has 1 aliphatic carbocycles. The Morgan fingerprint density at radius 3 is 2.63 bits per heavy atom. The number of oxime groups is 1. The highest BCUT2D eigenvalue weighted by molar-refractivity contribution is 6.07. The number of nitrogens with two attached hydrogens (primary N) is 1. The number of nitrogens with zero attached hydrogens (tertiary/aromatic N) is 2. The van der Waals surface area contributed by atoms with Crippen LogP contribution < -0.4 is 11.1 Å². The smallest absolute Gasteiger partial charge is 0.236 e. The van der Waals surface area contributed by atoms with Gasteiger partial charge in [-0.3, -0.25) is 9.59 Å². The highest BCUT2D eigenvalue weighted by Crippen LogP contribution is 2.43. The number of amides is 2. The Morgan fingerprint density at radius 2 is 2.16 bits per heavy atom. The van der Waals surface area contributed by atoms with Crippen molar-refractivity contribution in [2.24, 2.45) is 16.3 Å². The molecular weight excluding hydrogens is 248 g/mol. The molecule has 0 bridgehead atoms. The summed E-state index contributed by atoms with van der Waals surface area (Å²) < 4.78 is 0. The van der Waals surface area contributed by atoms with Crippen molar-refractivity contribution in [3.63, 3.8) is 0 Å². The Morgan fingerprint density at radius 1 is 1.47 bits per heavy atom. The van der Waals surface area contributed by atoms with Gasteiger partial charge >= 0.3 is 0 Å². The second-order valence-electron chi connectivity index (χ2n) is 5.36. The molecule has 2 rings (SSSR count). The minimum Gasteiger partial charge on any atom is -0.409 e. The molecule has 0 aromatic carbocycles. The number of nitrogens with one attached hydrogen (secondary N) is 1. The van der Waals surface area contributed by atoms with E-state index in [-0.39, 0.29) is 23.7 Å². The summed E-state index contributed by atoms with van der Waals surface area (Å²) in [4.78, 5) is 25.2. The molecule has 4 N–H and O–H groups in total. The molecule has 2 aliphatic rings. The third-order valence-electron chi connectivity index (χ3n) is 4.10. The Kier molecular flexibility index (Phi) is 3.64. The third-order valence-corrected chi connectivity index (χ3v) is 4.10. The number of rotatable bonds is 3. The number of carbonyl (C=O) groups is 2. The molecule has 19 heavy (non-hydrogen) atoms. The Bertz CT molecular complexity index is 417. The first-order valence-corrected chi connectivity index (χ1v) is 6.54. The van der Waals surface area contributed by atoms with E-state index in [0.717, 1.165) is 12.8 Å². The van der Waals surface area contributed by atoms with Crippen LogP contribution in [0.1, 0.15) is 32.6 Å². The summed E-state index contributed by atoms with van der Waals surface area (Å²) in [5.41, 5.74) is 4.86. The minimum absolute atomic E-state index is 0.00543. The maximum absolute atomic E-state index is 12.5. The predicted octanol–water partition coefficient (Wildman–Crippen LogP) is -0.360. The molecule has 1 unspecified atom stereocenters. The van der Waals surface area contributed by atoms with Crippen LogP contribution in [0.5, 0.6) is 0 Å². The van der Waals surface area contributed by atoms with Gasteiger partial charge in [0.15, 0.2) is 5.84 Å². The minimum atomic E-state index is -0.820. The van der Waals surface area contributed by atoms with Gasteiger partial charge in [-0.1, -0.05) is 11.6 Å². The zero-order valence-electron chi connectivity index (χ0n) is 11.1. The lowest BCUT2D eigenvalue weighted by Crippen LogP contribution is -2.55. The standard InChI is InChI=1S/C12H20N4O3/c1-8(17)14-9-3-6-16(7-9)11(18)12(4-2-5-12)10(13)15-19/h9,19H,2-7H2,1H3,(H2,13,15)(H,14,17). The summed E-state index contributed by atoms with van der Waals surface area (Å²) in [6.07, 6.45) is 2.91. The van der Waals surface area contributed by atoms with Crippen LogP contribution in [-0.4, -0.2) is 46.9 Å². The van der Waals surface area contributed by atoms with E-state index >= 15 is 0 Å². The number of hydrogen-bond donors (Lipinski definition) is 3. The highest BCUT2D eigenvalue weighted by atomic mass is 16.4. The first-order chi connectivity index (χ1) is 8.99. The van der Waals surface area contributed by atoms with E-state index in [4.69, 9.17) is 10.9 Å². The van der Waals surface area contributed by atoms with E-state index in [1.54, 1.807) is 4.90 Å². The maximum atomic E-state index is 12.5. The van der Waals surface area contributed by atoms with Crippen LogP contribution in [-0.2, 0) is 9.59 Å². The van der Waals surface area contributed by atoms with Crippen LogP contribution in [0.3, 0.4) is 0 Å². The summed E-state index contributed by atoms with van der Waals surface area (Å²) in [7, 11) is 0. The van der Waals surface area contributed by atoms with Gasteiger partial charge in [0, 0.05) is 26.1 Å². The van der Waals surface area contributed by atoms with Gasteiger partial charge in [-0.05, 0) is 19.3 Å². The molecular formula is C12H20N4O3. The summed E-state index contributed by atoms with van der Waals surface area (Å²) in [5, 5.41) is 14.7. The van der Waals surface area contributed by atoms with Crippen molar-refractivity contribution in [2.45, 2.75) is 38.6 Å². The lowest BCUT2D eigenvalue weighted by molar-refractivity contribution is -0.141. The van der Waals surface area contributed by atoms with Crippen molar-refractivity contribution in [3.05, 3.63) is 0 Å². The normalized spacial score (nSPS) is 25.8. The van der Waals surface area contributed by atoms with E-state index in [1.165, 1.54) is 6.92 Å². The van der Waals surface area contributed by atoms with Gasteiger partial charge in [0.1, 0.15) is 5.41 Å². The Hall–Kier alpha value is -1.79. The van der Waals surface area contributed by atoms with Gasteiger partial charge in [0.05, 0.1) is 0 Å². The van der Waals surface area contributed by atoms with Crippen molar-refractivity contribution in [1.82, 2.24) is 10.2 Å². The second kappa shape index (κ2) is 5.07. The van der Waals surface area contributed by atoms with Gasteiger partial charge in [-0.2, -0.15) is 0 Å². The molecule has 1 saturated heterocycles. The highest BCUT2D eigenvalue weighted by Gasteiger charge is 2.51. The molecule has 2 fully saturated rings. The fourth-order valence-electron chi connectivity index (χ4n) is 2.86. The third kappa shape index (κ3) is 2.36. The summed E-state index contributed by atoms with van der Waals surface area (Å²) in [5.74, 6) is -0.164. The number of likely N-dealkylation sites (tertiary alicyclic amines) is 1. The van der Waals surface area contributed by atoms with E-state index in [2.05, 4.69) is 10.5 Å².